The van der Waals surface area contributed by atoms with Crippen LogP contribution in [-0.4, -0.2) is 48.9 Å². The molecule has 3 aromatic rings. The first-order valence-corrected chi connectivity index (χ1v) is 8.24. The first-order valence-electron chi connectivity index (χ1n) is 8.24. The fourth-order valence-corrected chi connectivity index (χ4v) is 3.55. The molecule has 1 fully saturated rings. The van der Waals surface area contributed by atoms with Gasteiger partial charge in [0.05, 0.1) is 23.3 Å². The first-order chi connectivity index (χ1) is 11.6. The van der Waals surface area contributed by atoms with Crippen molar-refractivity contribution in [3.8, 4) is 0 Å². The van der Waals surface area contributed by atoms with Crippen LogP contribution in [0.5, 0.6) is 0 Å². The predicted octanol–water partition coefficient (Wildman–Crippen LogP) is 2.25. The molecule has 1 aliphatic heterocycles. The Bertz CT molecular complexity index is 896. The maximum Gasteiger partial charge on any atom is 0.254 e. The third-order valence-corrected chi connectivity index (χ3v) is 4.65. The number of aromatic amines is 1. The fraction of sp³-hybridized carbons (Fsp3) is 0.412. The van der Waals surface area contributed by atoms with Crippen LogP contribution in [0.15, 0.2) is 24.4 Å². The molecule has 2 aromatic heterocycles. The highest BCUT2D eigenvalue weighted by Crippen LogP contribution is 2.25. The van der Waals surface area contributed by atoms with Gasteiger partial charge < -0.3 is 4.90 Å². The van der Waals surface area contributed by atoms with Gasteiger partial charge in [0.25, 0.3) is 5.91 Å². The molecule has 1 aliphatic rings. The van der Waals surface area contributed by atoms with E-state index in [1.54, 1.807) is 6.20 Å². The SMILES string of the molecule is Cc1nc(C)n([C@@H]2CCCN(C(=O)c3cccc4[nH]ncc34)C2)n1. The minimum Gasteiger partial charge on any atom is -0.336 e. The number of H-pyrrole nitrogens is 1. The first kappa shape index (κ1) is 14.9. The monoisotopic (exact) mass is 324 g/mol. The summed E-state index contributed by atoms with van der Waals surface area (Å²) in [5.74, 6) is 1.74. The summed E-state index contributed by atoms with van der Waals surface area (Å²) in [7, 11) is 0. The summed E-state index contributed by atoms with van der Waals surface area (Å²) in [5, 5.41) is 12.3. The van der Waals surface area contributed by atoms with E-state index in [1.165, 1.54) is 0 Å². The van der Waals surface area contributed by atoms with Crippen molar-refractivity contribution in [3.63, 3.8) is 0 Å². The summed E-state index contributed by atoms with van der Waals surface area (Å²) in [6.07, 6.45) is 3.70. The highest BCUT2D eigenvalue weighted by Gasteiger charge is 2.28. The van der Waals surface area contributed by atoms with Crippen LogP contribution in [0, 0.1) is 13.8 Å². The van der Waals surface area contributed by atoms with Crippen molar-refractivity contribution in [1.82, 2.24) is 29.9 Å². The van der Waals surface area contributed by atoms with Gasteiger partial charge in [0, 0.05) is 18.5 Å². The number of carbonyl (C=O) groups is 1. The highest BCUT2D eigenvalue weighted by atomic mass is 16.2. The van der Waals surface area contributed by atoms with Gasteiger partial charge >= 0.3 is 0 Å². The van der Waals surface area contributed by atoms with Gasteiger partial charge in [0.2, 0.25) is 0 Å². The van der Waals surface area contributed by atoms with Gasteiger partial charge in [-0.05, 0) is 38.8 Å². The lowest BCUT2D eigenvalue weighted by Crippen LogP contribution is -2.41. The molecule has 1 N–H and O–H groups in total. The molecule has 0 aliphatic carbocycles. The van der Waals surface area contributed by atoms with E-state index in [0.717, 1.165) is 41.9 Å². The summed E-state index contributed by atoms with van der Waals surface area (Å²) in [5.41, 5.74) is 1.59. The average molecular weight is 324 g/mol. The van der Waals surface area contributed by atoms with Gasteiger partial charge in [0.15, 0.2) is 0 Å². The van der Waals surface area contributed by atoms with Crippen LogP contribution in [0.1, 0.15) is 40.9 Å². The van der Waals surface area contributed by atoms with Crippen molar-refractivity contribution < 1.29 is 4.79 Å². The molecule has 0 unspecified atom stereocenters. The van der Waals surface area contributed by atoms with E-state index >= 15 is 0 Å². The molecule has 4 rings (SSSR count). The highest BCUT2D eigenvalue weighted by molar-refractivity contribution is 6.06. The fourth-order valence-electron chi connectivity index (χ4n) is 3.55. The lowest BCUT2D eigenvalue weighted by molar-refractivity contribution is 0.0673. The molecule has 3 heterocycles. The molecule has 1 aromatic carbocycles. The third-order valence-electron chi connectivity index (χ3n) is 4.65. The molecule has 0 saturated carbocycles. The normalized spacial score (nSPS) is 18.2. The van der Waals surface area contributed by atoms with Crippen LogP contribution >= 0.6 is 0 Å². The summed E-state index contributed by atoms with van der Waals surface area (Å²) in [4.78, 5) is 19.3. The molecule has 0 radical (unpaired) electrons. The number of hydrogen-bond donors (Lipinski definition) is 1. The van der Waals surface area contributed by atoms with Crippen molar-refractivity contribution in [2.24, 2.45) is 0 Å². The van der Waals surface area contributed by atoms with Crippen molar-refractivity contribution in [2.45, 2.75) is 32.7 Å². The Morgan fingerprint density at radius 2 is 2.21 bits per heavy atom. The van der Waals surface area contributed by atoms with Crippen LogP contribution < -0.4 is 0 Å². The number of hydrogen-bond acceptors (Lipinski definition) is 4. The van der Waals surface area contributed by atoms with Gasteiger partial charge in [-0.2, -0.15) is 10.2 Å². The minimum atomic E-state index is 0.0567. The Labute approximate surface area is 139 Å². The molecule has 1 amide bonds. The number of amides is 1. The van der Waals surface area contributed by atoms with Gasteiger partial charge in [-0.25, -0.2) is 9.67 Å². The van der Waals surface area contributed by atoms with Crippen LogP contribution in [0.3, 0.4) is 0 Å². The van der Waals surface area contributed by atoms with Gasteiger partial charge in [0.1, 0.15) is 11.6 Å². The summed E-state index contributed by atoms with van der Waals surface area (Å²) in [6.45, 7) is 5.30. The molecule has 0 spiro atoms. The molecule has 124 valence electrons. The number of likely N-dealkylation sites (tertiary alicyclic amines) is 1. The average Bonchev–Trinajstić information content (AvgIpc) is 3.20. The lowest BCUT2D eigenvalue weighted by atomic mass is 10.0. The number of carbonyl (C=O) groups excluding carboxylic acids is 1. The molecular formula is C17H20N6O. The zero-order chi connectivity index (χ0) is 16.7. The van der Waals surface area contributed by atoms with Gasteiger partial charge in [-0.1, -0.05) is 6.07 Å². The quantitative estimate of drug-likeness (QED) is 0.784. The number of nitrogens with one attached hydrogen (secondary N) is 1. The number of aromatic nitrogens is 5. The molecule has 0 bridgehead atoms. The van der Waals surface area contributed by atoms with Gasteiger partial charge in [-0.15, -0.1) is 0 Å². The standard InChI is InChI=1S/C17H20N6O/c1-11-19-12(2)23(21-11)13-5-4-8-22(10-13)17(24)14-6-3-7-16-15(14)9-18-20-16/h3,6-7,9,13H,4-5,8,10H2,1-2H3,(H,18,20)/t13-/m1/s1. The Morgan fingerprint density at radius 1 is 1.33 bits per heavy atom. The largest absolute Gasteiger partial charge is 0.336 e. The predicted molar refractivity (Wildman–Crippen MR) is 89.8 cm³/mol. The second kappa shape index (κ2) is 5.74. The van der Waals surface area contributed by atoms with Crippen LogP contribution in [0.25, 0.3) is 10.9 Å². The number of aryl methyl sites for hydroxylation is 2. The Hall–Kier alpha value is -2.70. The zero-order valence-corrected chi connectivity index (χ0v) is 13.9. The molecule has 24 heavy (non-hydrogen) atoms. The number of benzene rings is 1. The van der Waals surface area contributed by atoms with Crippen molar-refractivity contribution in [2.75, 3.05) is 13.1 Å². The molecule has 1 saturated heterocycles. The lowest BCUT2D eigenvalue weighted by Gasteiger charge is -2.33. The maximum absolute atomic E-state index is 13.0. The maximum atomic E-state index is 13.0. The summed E-state index contributed by atoms with van der Waals surface area (Å²) >= 11 is 0. The summed E-state index contributed by atoms with van der Waals surface area (Å²) in [6, 6.07) is 5.88. The summed E-state index contributed by atoms with van der Waals surface area (Å²) < 4.78 is 1.97. The van der Waals surface area contributed by atoms with E-state index in [9.17, 15) is 4.79 Å². The zero-order valence-electron chi connectivity index (χ0n) is 13.9. The van der Waals surface area contributed by atoms with Crippen molar-refractivity contribution >= 4 is 16.8 Å². The Kier molecular flexibility index (Phi) is 3.55. The number of rotatable bonds is 2. The van der Waals surface area contributed by atoms with E-state index in [0.29, 0.717) is 12.1 Å². The molecule has 7 heteroatoms. The Balaban J connectivity index is 1.61. The van der Waals surface area contributed by atoms with Crippen LogP contribution in [-0.2, 0) is 0 Å². The molecular weight excluding hydrogens is 304 g/mol. The topological polar surface area (TPSA) is 79.7 Å². The number of piperidine rings is 1. The molecule has 1 atom stereocenters. The van der Waals surface area contributed by atoms with Crippen LogP contribution in [0.4, 0.5) is 0 Å². The third kappa shape index (κ3) is 2.46. The number of nitrogens with zero attached hydrogens (tertiary/aromatic N) is 5. The van der Waals surface area contributed by atoms with Crippen LogP contribution in [0.2, 0.25) is 0 Å². The number of fused-ring (bicyclic) bond motifs is 1. The second-order valence-electron chi connectivity index (χ2n) is 6.33. The van der Waals surface area contributed by atoms with Crippen molar-refractivity contribution in [3.05, 3.63) is 41.6 Å². The van der Waals surface area contributed by atoms with E-state index in [2.05, 4.69) is 20.3 Å². The van der Waals surface area contributed by atoms with E-state index in [-0.39, 0.29) is 11.9 Å². The minimum absolute atomic E-state index is 0.0567. The molecule has 7 nitrogen and oxygen atoms in total. The smallest absolute Gasteiger partial charge is 0.254 e. The van der Waals surface area contributed by atoms with E-state index in [4.69, 9.17) is 0 Å². The van der Waals surface area contributed by atoms with E-state index in [1.807, 2.05) is 41.6 Å². The van der Waals surface area contributed by atoms with Gasteiger partial charge in [-0.3, -0.25) is 9.89 Å². The van der Waals surface area contributed by atoms with Crippen molar-refractivity contribution in [1.29, 1.82) is 0 Å². The Morgan fingerprint density at radius 3 is 3.00 bits per heavy atom. The second-order valence-corrected chi connectivity index (χ2v) is 6.33. The van der Waals surface area contributed by atoms with E-state index < -0.39 is 0 Å².